The maximum absolute atomic E-state index is 5.74. The summed E-state index contributed by atoms with van der Waals surface area (Å²) in [6.07, 6.45) is 1.05. The number of aryl methyl sites for hydroxylation is 1. The molecule has 8 heteroatoms. The zero-order valence-corrected chi connectivity index (χ0v) is 17.7. The van der Waals surface area contributed by atoms with Gasteiger partial charge in [-0.15, -0.1) is 5.10 Å². The van der Waals surface area contributed by atoms with Gasteiger partial charge in [0.2, 0.25) is 5.82 Å². The van der Waals surface area contributed by atoms with Crippen molar-refractivity contribution in [2.75, 3.05) is 47.4 Å². The maximum atomic E-state index is 5.74. The Bertz CT molecular complexity index is 755. The zero-order valence-electron chi connectivity index (χ0n) is 17.7. The Hall–Kier alpha value is -2.19. The third-order valence-corrected chi connectivity index (χ3v) is 5.64. The summed E-state index contributed by atoms with van der Waals surface area (Å²) < 4.78 is 13.1. The summed E-state index contributed by atoms with van der Waals surface area (Å²) >= 11 is 0. The number of rotatable bonds is 8. The molecule has 1 saturated heterocycles. The number of nitrogens with zero attached hydrogens (tertiary/aromatic N) is 4. The predicted molar refractivity (Wildman–Crippen MR) is 106 cm³/mol. The lowest BCUT2D eigenvalue weighted by molar-refractivity contribution is -1.02. The molecular weight excluding hydrogens is 356 g/mol. The highest BCUT2D eigenvalue weighted by Crippen LogP contribution is 2.31. The van der Waals surface area contributed by atoms with Gasteiger partial charge < -0.3 is 19.3 Å². The second-order valence-electron chi connectivity index (χ2n) is 8.10. The van der Waals surface area contributed by atoms with Crippen molar-refractivity contribution >= 4 is 0 Å². The fourth-order valence-electron chi connectivity index (χ4n) is 3.84. The minimum absolute atomic E-state index is 0.0381. The first-order chi connectivity index (χ1) is 13.5. The van der Waals surface area contributed by atoms with E-state index in [1.54, 1.807) is 19.1 Å². The first-order valence-electron chi connectivity index (χ1n) is 10.2. The molecule has 0 unspecified atom stereocenters. The van der Waals surface area contributed by atoms with Crippen LogP contribution in [0, 0.1) is 5.92 Å². The van der Waals surface area contributed by atoms with Gasteiger partial charge in [-0.3, -0.25) is 0 Å². The average molecular weight is 391 g/mol. The van der Waals surface area contributed by atoms with Crippen LogP contribution < -0.4 is 19.3 Å². The van der Waals surface area contributed by atoms with Crippen molar-refractivity contribution in [3.05, 3.63) is 29.6 Å². The van der Waals surface area contributed by atoms with Crippen molar-refractivity contribution in [3.63, 3.8) is 0 Å². The van der Waals surface area contributed by atoms with E-state index in [2.05, 4.69) is 42.5 Å². The number of piperazine rings is 1. The van der Waals surface area contributed by atoms with Crippen LogP contribution in [0.5, 0.6) is 11.5 Å². The topological polar surface area (TPSA) is 70.9 Å². The number of nitrogens with one attached hydrogen (secondary N) is 2. The molecule has 1 aliphatic rings. The Labute approximate surface area is 167 Å². The van der Waals surface area contributed by atoms with E-state index < -0.39 is 0 Å². The third-order valence-electron chi connectivity index (χ3n) is 5.64. The van der Waals surface area contributed by atoms with Crippen LogP contribution in [0.2, 0.25) is 0 Å². The number of methoxy groups -OCH3 is 2. The molecule has 0 spiro atoms. The van der Waals surface area contributed by atoms with Gasteiger partial charge in [0, 0.05) is 12.6 Å². The first kappa shape index (κ1) is 20.5. The van der Waals surface area contributed by atoms with Crippen molar-refractivity contribution in [3.8, 4) is 11.5 Å². The van der Waals surface area contributed by atoms with Crippen LogP contribution in [-0.2, 0) is 6.54 Å². The molecule has 0 aliphatic carbocycles. The zero-order chi connectivity index (χ0) is 20.1. The van der Waals surface area contributed by atoms with Gasteiger partial charge in [-0.1, -0.05) is 13.8 Å². The maximum Gasteiger partial charge on any atom is 0.214 e. The molecule has 8 nitrogen and oxygen atoms in total. The second-order valence-corrected chi connectivity index (χ2v) is 8.10. The predicted octanol–water partition coefficient (Wildman–Crippen LogP) is -0.761. The molecule has 2 N–H and O–H groups in total. The van der Waals surface area contributed by atoms with Crippen LogP contribution in [-0.4, -0.2) is 67.7 Å². The fraction of sp³-hybridized carbons (Fsp3) is 0.650. The van der Waals surface area contributed by atoms with Crippen molar-refractivity contribution in [2.24, 2.45) is 5.92 Å². The van der Waals surface area contributed by atoms with Gasteiger partial charge in [-0.2, -0.15) is 0 Å². The number of quaternary nitrogens is 2. The number of aromatic nitrogens is 4. The van der Waals surface area contributed by atoms with Crippen molar-refractivity contribution in [1.29, 1.82) is 0 Å². The van der Waals surface area contributed by atoms with Gasteiger partial charge in [0.1, 0.15) is 37.7 Å². The van der Waals surface area contributed by atoms with E-state index in [4.69, 9.17) is 9.47 Å². The van der Waals surface area contributed by atoms with Crippen LogP contribution in [0.1, 0.15) is 37.7 Å². The average Bonchev–Trinajstić information content (AvgIpc) is 3.16. The Morgan fingerprint density at radius 3 is 2.50 bits per heavy atom. The van der Waals surface area contributed by atoms with Crippen LogP contribution in [0.15, 0.2) is 18.2 Å². The quantitative estimate of drug-likeness (QED) is 0.620. The number of benzene rings is 1. The van der Waals surface area contributed by atoms with Gasteiger partial charge in [-0.05, 0) is 34.9 Å². The standard InChI is InChI=1S/C20H32N6O2/c1-15(2)8-9-26-20(21-22-23-26)19(25-12-10-24(3)11-13-25)17-7-6-16(27-4)14-18(17)28-5/h6-7,14-15,19H,8-13H2,1-5H3/p+2/t19-/m1/s1. The summed E-state index contributed by atoms with van der Waals surface area (Å²) in [6.45, 7) is 9.69. The highest BCUT2D eigenvalue weighted by molar-refractivity contribution is 5.43. The summed E-state index contributed by atoms with van der Waals surface area (Å²) in [7, 11) is 5.64. The van der Waals surface area contributed by atoms with Crippen LogP contribution in [0.4, 0.5) is 0 Å². The number of ether oxygens (including phenoxy) is 2. The minimum Gasteiger partial charge on any atom is -0.497 e. The summed E-state index contributed by atoms with van der Waals surface area (Å²) in [5, 5.41) is 12.8. The Morgan fingerprint density at radius 2 is 1.86 bits per heavy atom. The SMILES string of the molecule is COc1ccc([C@H](c2nnnn2CCC(C)C)[NH+]2CC[NH+](C)CC2)c(OC)c1. The molecule has 2 heterocycles. The minimum atomic E-state index is 0.0381. The molecule has 3 rings (SSSR count). The molecule has 1 atom stereocenters. The molecule has 1 aromatic heterocycles. The van der Waals surface area contributed by atoms with Gasteiger partial charge in [0.05, 0.1) is 26.8 Å². The monoisotopic (exact) mass is 390 g/mol. The summed E-state index contributed by atoms with van der Waals surface area (Å²) in [4.78, 5) is 3.05. The Morgan fingerprint density at radius 1 is 1.11 bits per heavy atom. The summed E-state index contributed by atoms with van der Waals surface area (Å²) in [6, 6.07) is 6.08. The van der Waals surface area contributed by atoms with E-state index in [0.717, 1.165) is 62.0 Å². The largest absolute Gasteiger partial charge is 0.497 e. The van der Waals surface area contributed by atoms with Crippen molar-refractivity contribution in [2.45, 2.75) is 32.9 Å². The summed E-state index contributed by atoms with van der Waals surface area (Å²) in [5.74, 6) is 3.13. The van der Waals surface area contributed by atoms with Gasteiger partial charge >= 0.3 is 0 Å². The molecular formula is C20H34N6O2+2. The Balaban J connectivity index is 2.01. The van der Waals surface area contributed by atoms with E-state index in [1.165, 1.54) is 4.90 Å². The molecule has 0 radical (unpaired) electrons. The van der Waals surface area contributed by atoms with Crippen LogP contribution in [0.25, 0.3) is 0 Å². The van der Waals surface area contributed by atoms with Crippen molar-refractivity contribution in [1.82, 2.24) is 20.2 Å². The highest BCUT2D eigenvalue weighted by atomic mass is 16.5. The number of hydrogen-bond donors (Lipinski definition) is 2. The molecule has 1 aliphatic heterocycles. The van der Waals surface area contributed by atoms with Gasteiger partial charge in [0.25, 0.3) is 0 Å². The molecule has 1 fully saturated rings. The van der Waals surface area contributed by atoms with E-state index >= 15 is 0 Å². The highest BCUT2D eigenvalue weighted by Gasteiger charge is 2.36. The van der Waals surface area contributed by atoms with Crippen LogP contribution in [0.3, 0.4) is 0 Å². The van der Waals surface area contributed by atoms with E-state index in [-0.39, 0.29) is 6.04 Å². The summed E-state index contributed by atoms with van der Waals surface area (Å²) in [5.41, 5.74) is 1.11. The van der Waals surface area contributed by atoms with E-state index in [1.807, 2.05) is 16.8 Å². The number of tetrazole rings is 1. The van der Waals surface area contributed by atoms with Crippen LogP contribution >= 0.6 is 0 Å². The first-order valence-corrected chi connectivity index (χ1v) is 10.2. The lowest BCUT2D eigenvalue weighted by Crippen LogP contribution is -3.27. The third kappa shape index (κ3) is 4.62. The molecule has 0 saturated carbocycles. The van der Waals surface area contributed by atoms with Gasteiger partial charge in [0.15, 0.2) is 6.04 Å². The number of hydrogen-bond acceptors (Lipinski definition) is 5. The van der Waals surface area contributed by atoms with Gasteiger partial charge in [-0.25, -0.2) is 4.68 Å². The lowest BCUT2D eigenvalue weighted by Gasteiger charge is -2.33. The Kier molecular flexibility index (Phi) is 6.85. The second kappa shape index (κ2) is 9.34. The smallest absolute Gasteiger partial charge is 0.214 e. The molecule has 0 bridgehead atoms. The van der Waals surface area contributed by atoms with E-state index in [9.17, 15) is 0 Å². The normalized spacial score (nSPS) is 20.9. The fourth-order valence-corrected chi connectivity index (χ4v) is 3.84. The molecule has 28 heavy (non-hydrogen) atoms. The number of likely N-dealkylation sites (N-methyl/N-ethyl adjacent to an activating group) is 1. The van der Waals surface area contributed by atoms with E-state index in [0.29, 0.717) is 5.92 Å². The van der Waals surface area contributed by atoms with Crippen molar-refractivity contribution < 1.29 is 19.3 Å². The lowest BCUT2D eigenvalue weighted by atomic mass is 10.0. The molecule has 154 valence electrons. The molecule has 1 aromatic carbocycles. The molecule has 2 aromatic rings. The molecule has 0 amide bonds.